The van der Waals surface area contributed by atoms with Gasteiger partial charge in [-0.15, -0.1) is 0 Å². The van der Waals surface area contributed by atoms with Crippen LogP contribution in [0.15, 0.2) is 41.3 Å². The Bertz CT molecular complexity index is 439. The van der Waals surface area contributed by atoms with Gasteiger partial charge in [-0.1, -0.05) is 6.58 Å². The van der Waals surface area contributed by atoms with Crippen LogP contribution < -0.4 is 4.74 Å². The van der Waals surface area contributed by atoms with Gasteiger partial charge in [-0.25, -0.2) is 4.79 Å². The van der Waals surface area contributed by atoms with Crippen molar-refractivity contribution < 1.29 is 19.4 Å². The summed E-state index contributed by atoms with van der Waals surface area (Å²) in [6.07, 6.45) is 3.07. The first-order chi connectivity index (χ1) is 8.90. The molecule has 0 aromatic heterocycles. The smallest absolute Gasteiger partial charge is 0.333 e. The number of esters is 1. The molecule has 4 nitrogen and oxygen atoms in total. The van der Waals surface area contributed by atoms with Crippen molar-refractivity contribution in [3.8, 4) is 5.75 Å². The highest BCUT2D eigenvalue weighted by Crippen LogP contribution is 2.16. The van der Waals surface area contributed by atoms with Gasteiger partial charge in [0.1, 0.15) is 18.3 Å². The SMILES string of the molecule is C=C(C)C(=O)OCC(O)Oc1ccc([S+](C)C)cc1. The summed E-state index contributed by atoms with van der Waals surface area (Å²) in [5, 5.41) is 9.58. The predicted octanol–water partition coefficient (Wildman–Crippen LogP) is 1.74. The average molecular weight is 283 g/mol. The Morgan fingerprint density at radius 2 is 1.95 bits per heavy atom. The Kier molecular flexibility index (Phi) is 5.92. The van der Waals surface area contributed by atoms with Crippen LogP contribution in [0.1, 0.15) is 6.92 Å². The molecule has 1 unspecified atom stereocenters. The second-order valence-corrected chi connectivity index (χ2v) is 6.34. The number of hydrogen-bond acceptors (Lipinski definition) is 4. The van der Waals surface area contributed by atoms with Gasteiger partial charge in [-0.3, -0.25) is 0 Å². The monoisotopic (exact) mass is 283 g/mol. The summed E-state index contributed by atoms with van der Waals surface area (Å²) >= 11 is 0. The van der Waals surface area contributed by atoms with Crippen LogP contribution in [-0.4, -0.2) is 36.5 Å². The van der Waals surface area contributed by atoms with E-state index in [-0.39, 0.29) is 23.1 Å². The third kappa shape index (κ3) is 5.36. The molecule has 0 saturated heterocycles. The molecule has 0 fully saturated rings. The molecule has 19 heavy (non-hydrogen) atoms. The molecule has 0 aliphatic rings. The van der Waals surface area contributed by atoms with E-state index >= 15 is 0 Å². The van der Waals surface area contributed by atoms with Crippen LogP contribution in [0.5, 0.6) is 5.75 Å². The molecule has 0 bridgehead atoms. The van der Waals surface area contributed by atoms with Crippen LogP contribution in [0.25, 0.3) is 0 Å². The number of carbonyl (C=O) groups is 1. The third-order valence-corrected chi connectivity index (χ3v) is 3.49. The van der Waals surface area contributed by atoms with E-state index in [0.29, 0.717) is 5.75 Å². The van der Waals surface area contributed by atoms with Gasteiger partial charge in [0.25, 0.3) is 0 Å². The molecule has 0 spiro atoms. The lowest BCUT2D eigenvalue weighted by atomic mass is 10.3. The quantitative estimate of drug-likeness (QED) is 0.374. The molecule has 1 aromatic carbocycles. The van der Waals surface area contributed by atoms with Gasteiger partial charge in [0.15, 0.2) is 11.5 Å². The summed E-state index contributed by atoms with van der Waals surface area (Å²) in [6, 6.07) is 7.47. The van der Waals surface area contributed by atoms with Crippen LogP contribution >= 0.6 is 0 Å². The topological polar surface area (TPSA) is 55.8 Å². The van der Waals surface area contributed by atoms with Gasteiger partial charge < -0.3 is 14.6 Å². The molecule has 0 aliphatic carbocycles. The fourth-order valence-corrected chi connectivity index (χ4v) is 1.93. The lowest BCUT2D eigenvalue weighted by Gasteiger charge is -2.13. The third-order valence-electron chi connectivity index (χ3n) is 2.27. The van der Waals surface area contributed by atoms with Crippen molar-refractivity contribution >= 4 is 16.9 Å². The summed E-state index contributed by atoms with van der Waals surface area (Å²) in [5.74, 6) is -0.00733. The Hall–Kier alpha value is -1.46. The molecule has 1 rings (SSSR count). The maximum Gasteiger partial charge on any atom is 0.333 e. The van der Waals surface area contributed by atoms with Gasteiger partial charge in [-0.2, -0.15) is 0 Å². The van der Waals surface area contributed by atoms with Crippen molar-refractivity contribution in [1.29, 1.82) is 0 Å². The van der Waals surface area contributed by atoms with Gasteiger partial charge in [-0.05, 0) is 31.2 Å². The summed E-state index contributed by atoms with van der Waals surface area (Å²) < 4.78 is 10.0. The number of rotatable bonds is 6. The van der Waals surface area contributed by atoms with Crippen molar-refractivity contribution in [3.05, 3.63) is 36.4 Å². The van der Waals surface area contributed by atoms with E-state index in [0.717, 1.165) is 0 Å². The molecule has 1 atom stereocenters. The van der Waals surface area contributed by atoms with Gasteiger partial charge in [0, 0.05) is 16.5 Å². The highest BCUT2D eigenvalue weighted by molar-refractivity contribution is 7.95. The Balaban J connectivity index is 2.46. The number of benzene rings is 1. The first-order valence-corrected chi connectivity index (χ1v) is 7.79. The Labute approximate surface area is 116 Å². The van der Waals surface area contributed by atoms with Crippen LogP contribution in [-0.2, 0) is 20.4 Å². The number of aliphatic hydroxyl groups excluding tert-OH is 1. The Morgan fingerprint density at radius 3 is 2.42 bits per heavy atom. The molecule has 1 N–H and O–H groups in total. The molecule has 0 saturated carbocycles. The van der Waals surface area contributed by atoms with Crippen molar-refractivity contribution in [2.75, 3.05) is 19.1 Å². The first kappa shape index (κ1) is 15.6. The van der Waals surface area contributed by atoms with Crippen molar-refractivity contribution in [2.24, 2.45) is 0 Å². The minimum absolute atomic E-state index is 0.188. The Morgan fingerprint density at radius 1 is 1.37 bits per heavy atom. The fraction of sp³-hybridized carbons (Fsp3) is 0.357. The minimum atomic E-state index is -1.18. The lowest BCUT2D eigenvalue weighted by Crippen LogP contribution is -2.24. The van der Waals surface area contributed by atoms with Crippen LogP contribution in [0.4, 0.5) is 0 Å². The summed E-state index contributed by atoms with van der Waals surface area (Å²) in [4.78, 5) is 12.3. The predicted molar refractivity (Wildman–Crippen MR) is 76.3 cm³/mol. The summed E-state index contributed by atoms with van der Waals surface area (Å²) in [6.45, 7) is 4.77. The molecular weight excluding hydrogens is 264 g/mol. The number of aliphatic hydroxyl groups is 1. The van der Waals surface area contributed by atoms with E-state index in [2.05, 4.69) is 19.1 Å². The van der Waals surface area contributed by atoms with Gasteiger partial charge in [0.2, 0.25) is 6.29 Å². The van der Waals surface area contributed by atoms with Crippen LogP contribution in [0, 0.1) is 0 Å². The highest BCUT2D eigenvalue weighted by atomic mass is 32.2. The van der Waals surface area contributed by atoms with Crippen molar-refractivity contribution in [3.63, 3.8) is 0 Å². The summed E-state index contributed by atoms with van der Waals surface area (Å²) in [7, 11) is 0.188. The maximum absolute atomic E-state index is 11.1. The lowest BCUT2D eigenvalue weighted by molar-refractivity contribution is -0.149. The zero-order valence-corrected chi connectivity index (χ0v) is 12.2. The van der Waals surface area contributed by atoms with Crippen LogP contribution in [0.3, 0.4) is 0 Å². The molecule has 0 heterocycles. The van der Waals surface area contributed by atoms with E-state index in [9.17, 15) is 9.90 Å². The maximum atomic E-state index is 11.1. The molecule has 0 aliphatic heterocycles. The van der Waals surface area contributed by atoms with Crippen molar-refractivity contribution in [2.45, 2.75) is 18.1 Å². The van der Waals surface area contributed by atoms with E-state index < -0.39 is 12.3 Å². The molecule has 5 heteroatoms. The van der Waals surface area contributed by atoms with Gasteiger partial charge >= 0.3 is 5.97 Å². The molecule has 1 aromatic rings. The van der Waals surface area contributed by atoms with E-state index in [1.165, 1.54) is 4.90 Å². The highest BCUT2D eigenvalue weighted by Gasteiger charge is 2.12. The summed E-state index contributed by atoms with van der Waals surface area (Å²) in [5.41, 5.74) is 0.287. The molecule has 0 amide bonds. The first-order valence-electron chi connectivity index (χ1n) is 5.75. The normalized spacial score (nSPS) is 12.1. The zero-order chi connectivity index (χ0) is 14.4. The number of carbonyl (C=O) groups excluding carboxylic acids is 1. The van der Waals surface area contributed by atoms with Gasteiger partial charge in [0.05, 0.1) is 0 Å². The van der Waals surface area contributed by atoms with Crippen molar-refractivity contribution in [1.82, 2.24) is 0 Å². The second-order valence-electron chi connectivity index (χ2n) is 4.24. The largest absolute Gasteiger partial charge is 0.461 e. The average Bonchev–Trinajstić information content (AvgIpc) is 2.36. The van der Waals surface area contributed by atoms with E-state index in [4.69, 9.17) is 9.47 Å². The van der Waals surface area contributed by atoms with E-state index in [1.54, 1.807) is 19.1 Å². The number of hydrogen-bond donors (Lipinski definition) is 1. The zero-order valence-electron chi connectivity index (χ0n) is 11.4. The van der Waals surface area contributed by atoms with Crippen LogP contribution in [0.2, 0.25) is 0 Å². The fourth-order valence-electron chi connectivity index (χ4n) is 1.25. The molecular formula is C14H19O4S+. The van der Waals surface area contributed by atoms with E-state index in [1.807, 2.05) is 12.1 Å². The number of ether oxygens (including phenoxy) is 2. The standard InChI is InChI=1S/C14H19O4S/c1-10(2)14(16)17-9-13(15)18-11-5-7-12(8-6-11)19(3)4/h5-8,13,15H,1,9H2,2-4H3/q+1. The molecule has 0 radical (unpaired) electrons. The molecule has 104 valence electrons. The minimum Gasteiger partial charge on any atom is -0.461 e. The second kappa shape index (κ2) is 7.21.